The Labute approximate surface area is 72.9 Å². The summed E-state index contributed by atoms with van der Waals surface area (Å²) in [6, 6.07) is 5.87. The van der Waals surface area contributed by atoms with E-state index in [2.05, 4.69) is 18.0 Å². The Balaban J connectivity index is 3.06. The van der Waals surface area contributed by atoms with Gasteiger partial charge in [0.05, 0.1) is 0 Å². The zero-order valence-electron chi connectivity index (χ0n) is 7.54. The summed E-state index contributed by atoms with van der Waals surface area (Å²) in [5, 5.41) is 8.66. The third-order valence-electron chi connectivity index (χ3n) is 1.86. The minimum Gasteiger partial charge on any atom is -0.0651 e. The van der Waals surface area contributed by atoms with Crippen LogP contribution in [-0.4, -0.2) is 0 Å². The highest BCUT2D eigenvalue weighted by Gasteiger charge is 2.11. The van der Waals surface area contributed by atoms with E-state index in [0.29, 0.717) is 5.69 Å². The Morgan fingerprint density at radius 2 is 2.17 bits per heavy atom. The van der Waals surface area contributed by atoms with Crippen LogP contribution in [0.3, 0.4) is 0 Å². The van der Waals surface area contributed by atoms with Crippen molar-refractivity contribution in [2.45, 2.75) is 26.7 Å². The number of aryl methyl sites for hydroxylation is 2. The van der Waals surface area contributed by atoms with Crippen molar-refractivity contribution in [1.82, 2.24) is 0 Å². The average Bonchev–Trinajstić information content (AvgIpc) is 2.05. The Morgan fingerprint density at radius 1 is 1.42 bits per heavy atom. The molecule has 0 radical (unpaired) electrons. The molecule has 0 aliphatic rings. The summed E-state index contributed by atoms with van der Waals surface area (Å²) < 4.78 is 0. The molecule has 0 aliphatic carbocycles. The van der Waals surface area contributed by atoms with E-state index in [1.54, 1.807) is 0 Å². The van der Waals surface area contributed by atoms with Crippen molar-refractivity contribution in [2.24, 2.45) is 0 Å². The maximum Gasteiger partial charge on any atom is 0.388 e. The minimum absolute atomic E-state index is 0.697. The predicted octanol–water partition coefficient (Wildman–Crippen LogP) is 3.43. The average molecular weight is 161 g/mol. The summed E-state index contributed by atoms with van der Waals surface area (Å²) >= 11 is 0. The molecule has 0 aliphatic heterocycles. The van der Waals surface area contributed by atoms with Gasteiger partial charge in [0.1, 0.15) is 0 Å². The first kappa shape index (κ1) is 8.73. The van der Waals surface area contributed by atoms with Gasteiger partial charge in [0.25, 0.3) is 0 Å². The standard InChI is InChI=1S/C10H13N2/c1-3-4-9-7-8(2)5-6-10(9)12-11/h5-7H,3-4H2,1-2H3/q+1. The lowest BCUT2D eigenvalue weighted by atomic mass is 10.1. The molecule has 0 amide bonds. The third kappa shape index (κ3) is 1.82. The van der Waals surface area contributed by atoms with E-state index in [-0.39, 0.29) is 0 Å². The molecule has 12 heavy (non-hydrogen) atoms. The van der Waals surface area contributed by atoms with E-state index in [1.165, 1.54) is 5.56 Å². The summed E-state index contributed by atoms with van der Waals surface area (Å²) in [6.45, 7) is 4.16. The second kappa shape index (κ2) is 3.87. The molecular formula is C10H13N2+. The Morgan fingerprint density at radius 3 is 2.75 bits per heavy atom. The summed E-state index contributed by atoms with van der Waals surface area (Å²) in [6.07, 6.45) is 2.05. The smallest absolute Gasteiger partial charge is 0.0651 e. The maximum atomic E-state index is 8.66. The van der Waals surface area contributed by atoms with Gasteiger partial charge >= 0.3 is 5.69 Å². The normalized spacial score (nSPS) is 9.42. The van der Waals surface area contributed by atoms with E-state index < -0.39 is 0 Å². The van der Waals surface area contributed by atoms with Crippen LogP contribution in [-0.2, 0) is 6.42 Å². The predicted molar refractivity (Wildman–Crippen MR) is 49.9 cm³/mol. The van der Waals surface area contributed by atoms with Gasteiger partial charge in [0.2, 0.25) is 5.39 Å². The van der Waals surface area contributed by atoms with Gasteiger partial charge in [-0.15, -0.1) is 0 Å². The molecule has 2 nitrogen and oxygen atoms in total. The summed E-state index contributed by atoms with van der Waals surface area (Å²) in [5.74, 6) is 0. The van der Waals surface area contributed by atoms with Crippen LogP contribution in [0.1, 0.15) is 24.5 Å². The first-order valence-corrected chi connectivity index (χ1v) is 4.22. The van der Waals surface area contributed by atoms with Crippen molar-refractivity contribution in [3.05, 3.63) is 34.3 Å². The Hall–Kier alpha value is -1.36. The van der Waals surface area contributed by atoms with Gasteiger partial charge in [-0.05, 0) is 19.4 Å². The maximum absolute atomic E-state index is 8.66. The summed E-state index contributed by atoms with van der Waals surface area (Å²) in [5.41, 5.74) is 3.04. The van der Waals surface area contributed by atoms with Gasteiger partial charge in [-0.25, -0.2) is 0 Å². The van der Waals surface area contributed by atoms with Gasteiger partial charge in [-0.2, -0.15) is 0 Å². The summed E-state index contributed by atoms with van der Waals surface area (Å²) in [4.78, 5) is 3.23. The number of hydrogen-bond donors (Lipinski definition) is 0. The lowest BCUT2D eigenvalue weighted by molar-refractivity contribution is 0.923. The van der Waals surface area contributed by atoms with Crippen LogP contribution in [0.2, 0.25) is 0 Å². The number of nitrogens with zero attached hydrogens (tertiary/aromatic N) is 2. The van der Waals surface area contributed by atoms with Gasteiger partial charge < -0.3 is 0 Å². The summed E-state index contributed by atoms with van der Waals surface area (Å²) in [7, 11) is 0. The molecule has 0 heterocycles. The second-order valence-corrected chi connectivity index (χ2v) is 2.98. The highest BCUT2D eigenvalue weighted by atomic mass is 14.8. The van der Waals surface area contributed by atoms with Crippen LogP contribution in [0.25, 0.3) is 4.98 Å². The van der Waals surface area contributed by atoms with Crippen molar-refractivity contribution >= 4 is 5.69 Å². The molecule has 0 fully saturated rings. The number of hydrogen-bond acceptors (Lipinski definition) is 1. The van der Waals surface area contributed by atoms with Gasteiger partial charge in [0, 0.05) is 11.6 Å². The zero-order chi connectivity index (χ0) is 8.97. The molecule has 0 aromatic heterocycles. The fourth-order valence-corrected chi connectivity index (χ4v) is 1.28. The highest BCUT2D eigenvalue weighted by molar-refractivity contribution is 5.52. The van der Waals surface area contributed by atoms with E-state index in [9.17, 15) is 0 Å². The molecule has 0 atom stereocenters. The lowest BCUT2D eigenvalue weighted by Gasteiger charge is -1.95. The van der Waals surface area contributed by atoms with Crippen molar-refractivity contribution in [2.75, 3.05) is 0 Å². The van der Waals surface area contributed by atoms with Crippen LogP contribution in [0.4, 0.5) is 5.69 Å². The van der Waals surface area contributed by atoms with Crippen LogP contribution in [0, 0.1) is 12.3 Å². The zero-order valence-corrected chi connectivity index (χ0v) is 7.54. The molecule has 0 unspecified atom stereocenters. The fourth-order valence-electron chi connectivity index (χ4n) is 1.28. The van der Waals surface area contributed by atoms with E-state index in [4.69, 9.17) is 5.39 Å². The van der Waals surface area contributed by atoms with Gasteiger partial charge in [-0.1, -0.05) is 25.0 Å². The van der Waals surface area contributed by atoms with Crippen molar-refractivity contribution < 1.29 is 0 Å². The van der Waals surface area contributed by atoms with Gasteiger partial charge in [0.15, 0.2) is 4.98 Å². The molecular weight excluding hydrogens is 148 g/mol. The molecule has 0 bridgehead atoms. The lowest BCUT2D eigenvalue weighted by Crippen LogP contribution is -1.84. The number of benzene rings is 1. The number of rotatable bonds is 2. The quantitative estimate of drug-likeness (QED) is 0.611. The molecule has 0 saturated heterocycles. The molecule has 1 aromatic rings. The van der Waals surface area contributed by atoms with Crippen molar-refractivity contribution in [3.8, 4) is 0 Å². The SMILES string of the molecule is CCCc1cc(C)ccc1[N+]#N. The van der Waals surface area contributed by atoms with E-state index in [1.807, 2.05) is 19.1 Å². The van der Waals surface area contributed by atoms with Crippen molar-refractivity contribution in [3.63, 3.8) is 0 Å². The van der Waals surface area contributed by atoms with Crippen LogP contribution in [0.5, 0.6) is 0 Å². The monoisotopic (exact) mass is 161 g/mol. The molecule has 2 heteroatoms. The van der Waals surface area contributed by atoms with Crippen LogP contribution < -0.4 is 0 Å². The van der Waals surface area contributed by atoms with Crippen molar-refractivity contribution in [1.29, 1.82) is 5.39 Å². The molecule has 0 spiro atoms. The molecule has 1 aromatic carbocycles. The molecule has 0 N–H and O–H groups in total. The first-order chi connectivity index (χ1) is 5.77. The second-order valence-electron chi connectivity index (χ2n) is 2.98. The first-order valence-electron chi connectivity index (χ1n) is 4.22. The Bertz CT molecular complexity index is 310. The largest absolute Gasteiger partial charge is 0.388 e. The van der Waals surface area contributed by atoms with Gasteiger partial charge in [-0.3, -0.25) is 0 Å². The highest BCUT2D eigenvalue weighted by Crippen LogP contribution is 2.21. The van der Waals surface area contributed by atoms with Crippen LogP contribution >= 0.6 is 0 Å². The number of diazo groups is 1. The minimum atomic E-state index is 0.697. The topological polar surface area (TPSA) is 28.1 Å². The third-order valence-corrected chi connectivity index (χ3v) is 1.86. The fraction of sp³-hybridized carbons (Fsp3) is 0.400. The van der Waals surface area contributed by atoms with Crippen LogP contribution in [0.15, 0.2) is 18.2 Å². The molecule has 62 valence electrons. The van der Waals surface area contributed by atoms with E-state index in [0.717, 1.165) is 18.4 Å². The molecule has 0 saturated carbocycles. The van der Waals surface area contributed by atoms with E-state index >= 15 is 0 Å². The Kier molecular flexibility index (Phi) is 2.82. The molecule has 1 rings (SSSR count).